The van der Waals surface area contributed by atoms with Gasteiger partial charge in [-0.2, -0.15) is 0 Å². The normalized spacial score (nSPS) is 33.0. The summed E-state index contributed by atoms with van der Waals surface area (Å²) in [5.74, 6) is 0.609. The Morgan fingerprint density at radius 2 is 2.11 bits per heavy atom. The lowest BCUT2D eigenvalue weighted by atomic mass is 10.1. The first-order valence-corrected chi connectivity index (χ1v) is 6.57. The van der Waals surface area contributed by atoms with Crippen LogP contribution in [0.1, 0.15) is 19.8 Å². The molecule has 2 nitrogen and oxygen atoms in total. The molecule has 2 rings (SSSR count). The third kappa shape index (κ3) is 3.39. The second-order valence-corrected chi connectivity index (χ2v) is 4.45. The van der Waals surface area contributed by atoms with E-state index in [4.69, 9.17) is 0 Å². The fourth-order valence-corrected chi connectivity index (χ4v) is 1.98. The number of allylic oxidation sites excluding steroid dienone is 8. The van der Waals surface area contributed by atoms with Gasteiger partial charge < -0.3 is 0 Å². The number of aliphatic imine (C=N–C) groups is 2. The van der Waals surface area contributed by atoms with Crippen LogP contribution in [-0.4, -0.2) is 25.0 Å². The summed E-state index contributed by atoms with van der Waals surface area (Å²) in [6.07, 6.45) is 17.2. The molecule has 0 heterocycles. The van der Waals surface area contributed by atoms with Gasteiger partial charge in [-0.3, -0.25) is 9.98 Å². The van der Waals surface area contributed by atoms with Crippen LogP contribution in [0.3, 0.4) is 0 Å². The van der Waals surface area contributed by atoms with Crippen molar-refractivity contribution >= 4 is 11.4 Å². The predicted octanol–water partition coefficient (Wildman–Crippen LogP) is 3.54. The maximum atomic E-state index is 4.51. The Bertz CT molecular complexity index is 473. The van der Waals surface area contributed by atoms with Gasteiger partial charge in [-0.25, -0.2) is 0 Å². The van der Waals surface area contributed by atoms with Crippen LogP contribution < -0.4 is 0 Å². The Morgan fingerprint density at radius 3 is 2.89 bits per heavy atom. The molecule has 2 aliphatic rings. The number of hydrogen-bond donors (Lipinski definition) is 0. The zero-order valence-corrected chi connectivity index (χ0v) is 11.1. The topological polar surface area (TPSA) is 24.7 Å². The van der Waals surface area contributed by atoms with Crippen molar-refractivity contribution in [3.63, 3.8) is 0 Å². The molecule has 0 aliphatic heterocycles. The fourth-order valence-electron chi connectivity index (χ4n) is 1.98. The van der Waals surface area contributed by atoms with E-state index in [1.54, 1.807) is 0 Å². The Morgan fingerprint density at radius 1 is 1.22 bits per heavy atom. The number of fused-ring (bicyclic) bond motifs is 1. The van der Waals surface area contributed by atoms with E-state index in [2.05, 4.69) is 59.4 Å². The first-order chi connectivity index (χ1) is 8.85. The molecule has 1 fully saturated rings. The van der Waals surface area contributed by atoms with Gasteiger partial charge in [0.25, 0.3) is 0 Å². The van der Waals surface area contributed by atoms with Gasteiger partial charge in [0.1, 0.15) is 0 Å². The van der Waals surface area contributed by atoms with Crippen LogP contribution >= 0.6 is 0 Å². The Balaban J connectivity index is 2.26. The van der Waals surface area contributed by atoms with Crippen LogP contribution in [0.25, 0.3) is 0 Å². The molecule has 1 saturated carbocycles. The maximum absolute atomic E-state index is 4.51. The molecule has 18 heavy (non-hydrogen) atoms. The molecule has 0 bridgehead atoms. The highest BCUT2D eigenvalue weighted by Gasteiger charge is 2.25. The summed E-state index contributed by atoms with van der Waals surface area (Å²) in [6, 6.07) is 0. The summed E-state index contributed by atoms with van der Waals surface area (Å²) in [4.78, 5) is 8.85. The molecule has 2 aliphatic carbocycles. The average molecular weight is 240 g/mol. The van der Waals surface area contributed by atoms with Crippen molar-refractivity contribution in [3.8, 4) is 0 Å². The summed E-state index contributed by atoms with van der Waals surface area (Å²) in [5.41, 5.74) is 3.47. The second kappa shape index (κ2) is 6.29. The average Bonchev–Trinajstić information content (AvgIpc) is 3.10. The molecule has 94 valence electrons. The van der Waals surface area contributed by atoms with Crippen molar-refractivity contribution in [2.45, 2.75) is 19.8 Å². The Hall–Kier alpha value is -1.70. The van der Waals surface area contributed by atoms with Crippen LogP contribution in [0.4, 0.5) is 0 Å². The smallest absolute Gasteiger partial charge is 0.0822 e. The van der Waals surface area contributed by atoms with Crippen molar-refractivity contribution in [2.24, 2.45) is 15.9 Å². The Kier molecular flexibility index (Phi) is 4.46. The minimum Gasteiger partial charge on any atom is -0.286 e. The monoisotopic (exact) mass is 240 g/mol. The van der Waals surface area contributed by atoms with E-state index < -0.39 is 0 Å². The first kappa shape index (κ1) is 12.7. The van der Waals surface area contributed by atoms with Gasteiger partial charge in [0.05, 0.1) is 11.4 Å². The van der Waals surface area contributed by atoms with Gasteiger partial charge in [-0.15, -0.1) is 0 Å². The molecule has 1 atom stereocenters. The fraction of sp³-hybridized carbons (Fsp3) is 0.375. The van der Waals surface area contributed by atoms with Crippen molar-refractivity contribution in [1.82, 2.24) is 0 Å². The predicted molar refractivity (Wildman–Crippen MR) is 79.6 cm³/mol. The number of nitrogens with zero attached hydrogens (tertiary/aromatic N) is 2. The molecule has 0 saturated heterocycles. The molecule has 0 spiro atoms. The highest BCUT2D eigenvalue weighted by molar-refractivity contribution is 6.50. The molecule has 0 aromatic rings. The highest BCUT2D eigenvalue weighted by Crippen LogP contribution is 2.38. The zero-order valence-electron chi connectivity index (χ0n) is 11.1. The molecular formula is C16H20N2. The third-order valence-corrected chi connectivity index (χ3v) is 3.08. The lowest BCUT2D eigenvalue weighted by molar-refractivity contribution is 1.13. The molecule has 0 amide bonds. The largest absolute Gasteiger partial charge is 0.286 e. The van der Waals surface area contributed by atoms with Gasteiger partial charge in [0.15, 0.2) is 0 Å². The molecule has 0 N–H and O–H groups in total. The van der Waals surface area contributed by atoms with Crippen LogP contribution in [0.2, 0.25) is 0 Å². The van der Waals surface area contributed by atoms with E-state index >= 15 is 0 Å². The second-order valence-electron chi connectivity index (χ2n) is 4.45. The molecular weight excluding hydrogens is 220 g/mol. The van der Waals surface area contributed by atoms with Crippen LogP contribution in [0.15, 0.2) is 58.1 Å². The molecule has 1 unspecified atom stereocenters. The minimum absolute atomic E-state index is 0.609. The van der Waals surface area contributed by atoms with Gasteiger partial charge in [0, 0.05) is 19.5 Å². The van der Waals surface area contributed by atoms with Crippen LogP contribution in [0.5, 0.6) is 0 Å². The number of hydrogen-bond acceptors (Lipinski definition) is 2. The van der Waals surface area contributed by atoms with E-state index in [-0.39, 0.29) is 0 Å². The van der Waals surface area contributed by atoms with Crippen molar-refractivity contribution in [2.75, 3.05) is 13.6 Å². The molecule has 0 radical (unpaired) electrons. The van der Waals surface area contributed by atoms with Crippen molar-refractivity contribution in [1.29, 1.82) is 0 Å². The Labute approximate surface area is 109 Å². The molecule has 2 heteroatoms. The molecule has 0 aromatic heterocycles. The van der Waals surface area contributed by atoms with Crippen molar-refractivity contribution < 1.29 is 0 Å². The lowest BCUT2D eigenvalue weighted by Gasteiger charge is -2.01. The summed E-state index contributed by atoms with van der Waals surface area (Å²) in [6.45, 7) is 2.84. The minimum atomic E-state index is 0.609. The quantitative estimate of drug-likeness (QED) is 0.670. The van der Waals surface area contributed by atoms with Crippen LogP contribution in [-0.2, 0) is 0 Å². The summed E-state index contributed by atoms with van der Waals surface area (Å²) < 4.78 is 0. The van der Waals surface area contributed by atoms with Gasteiger partial charge >= 0.3 is 0 Å². The van der Waals surface area contributed by atoms with Gasteiger partial charge in [-0.1, -0.05) is 36.0 Å². The summed E-state index contributed by atoms with van der Waals surface area (Å²) in [7, 11) is 1.83. The molecule has 0 aromatic carbocycles. The van der Waals surface area contributed by atoms with E-state index in [9.17, 15) is 0 Å². The maximum Gasteiger partial charge on any atom is 0.0822 e. The number of rotatable bonds is 1. The first-order valence-electron chi connectivity index (χ1n) is 6.57. The van der Waals surface area contributed by atoms with E-state index in [0.717, 1.165) is 24.4 Å². The van der Waals surface area contributed by atoms with Crippen LogP contribution in [0, 0.1) is 5.92 Å². The van der Waals surface area contributed by atoms with E-state index in [1.807, 2.05) is 7.05 Å². The SMILES string of the molecule is CCN=C1/C=C\C/C=C\C=C2CC2/C=C\C1=NC. The lowest BCUT2D eigenvalue weighted by Crippen LogP contribution is -2.09. The third-order valence-electron chi connectivity index (χ3n) is 3.08. The highest BCUT2D eigenvalue weighted by atomic mass is 14.8. The van der Waals surface area contributed by atoms with Crippen molar-refractivity contribution in [3.05, 3.63) is 48.1 Å². The van der Waals surface area contributed by atoms with E-state index in [0.29, 0.717) is 5.92 Å². The summed E-state index contributed by atoms with van der Waals surface area (Å²) in [5, 5.41) is 0. The van der Waals surface area contributed by atoms with Gasteiger partial charge in [-0.05, 0) is 31.9 Å². The van der Waals surface area contributed by atoms with Gasteiger partial charge in [0.2, 0.25) is 0 Å². The summed E-state index contributed by atoms with van der Waals surface area (Å²) >= 11 is 0. The zero-order chi connectivity index (χ0) is 12.8. The standard InChI is InChI=1S/C16H20N2/c1-3-18-16-9-7-5-4-6-8-13-12-14(13)10-11-15(16)17-2/h4,6-11,14H,3,5,12H2,1-2H3/b6-4-,9-7-,11-10-,13-8?,17-15?,18-16?. The van der Waals surface area contributed by atoms with E-state index in [1.165, 1.54) is 12.0 Å².